The van der Waals surface area contributed by atoms with Crippen LogP contribution in [0.3, 0.4) is 0 Å². The Morgan fingerprint density at radius 2 is 2.17 bits per heavy atom. The first kappa shape index (κ1) is 21.4. The topological polar surface area (TPSA) is 105 Å². The molecule has 30 heavy (non-hydrogen) atoms. The molecule has 0 aliphatic carbocycles. The molecule has 0 saturated carbocycles. The van der Waals surface area contributed by atoms with Crippen LogP contribution in [0.2, 0.25) is 5.02 Å². The molecule has 2 aromatic heterocycles. The van der Waals surface area contributed by atoms with Crippen LogP contribution in [0.5, 0.6) is 0 Å². The van der Waals surface area contributed by atoms with Crippen LogP contribution >= 0.6 is 22.9 Å². The summed E-state index contributed by atoms with van der Waals surface area (Å²) in [5, 5.41) is 14.5. The zero-order chi connectivity index (χ0) is 21.5. The summed E-state index contributed by atoms with van der Waals surface area (Å²) in [6.07, 6.45) is 1.90. The van der Waals surface area contributed by atoms with E-state index in [1.165, 1.54) is 22.8 Å². The molecule has 0 radical (unpaired) electrons. The van der Waals surface area contributed by atoms with Gasteiger partial charge in [0.25, 0.3) is 0 Å². The molecule has 11 heteroatoms. The molecule has 160 valence electrons. The quantitative estimate of drug-likeness (QED) is 0.573. The second-order valence-electron chi connectivity index (χ2n) is 7.08. The Morgan fingerprint density at radius 3 is 2.87 bits per heavy atom. The fourth-order valence-electron chi connectivity index (χ4n) is 3.43. The zero-order valence-corrected chi connectivity index (χ0v) is 18.7. The number of aromatic nitrogens is 2. The molecule has 1 saturated heterocycles. The molecule has 3 heterocycles. The number of halogens is 1. The Hall–Kier alpha value is -1.82. The van der Waals surface area contributed by atoms with Gasteiger partial charge in [0.05, 0.1) is 38.4 Å². The highest BCUT2D eigenvalue weighted by atomic mass is 35.5. The Kier molecular flexibility index (Phi) is 5.97. The first-order valence-electron chi connectivity index (χ1n) is 9.27. The number of aliphatic hydroxyl groups excluding tert-OH is 1. The fraction of sp³-hybridized carbons (Fsp3) is 0.368. The lowest BCUT2D eigenvalue weighted by atomic mass is 10.1. The van der Waals surface area contributed by atoms with E-state index in [4.69, 9.17) is 16.3 Å². The molecule has 3 atom stereocenters. The second kappa shape index (κ2) is 8.37. The van der Waals surface area contributed by atoms with E-state index in [0.717, 1.165) is 10.3 Å². The van der Waals surface area contributed by atoms with Crippen LogP contribution in [0.4, 0.5) is 5.13 Å². The van der Waals surface area contributed by atoms with Gasteiger partial charge < -0.3 is 15.2 Å². The maximum absolute atomic E-state index is 13.0. The van der Waals surface area contributed by atoms with Crippen molar-refractivity contribution in [2.75, 3.05) is 25.5 Å². The van der Waals surface area contributed by atoms with Gasteiger partial charge in [0.2, 0.25) is 10.0 Å². The van der Waals surface area contributed by atoms with Crippen molar-refractivity contribution in [2.24, 2.45) is 0 Å². The largest absolute Gasteiger partial charge is 0.389 e. The summed E-state index contributed by atoms with van der Waals surface area (Å²) >= 11 is 7.64. The number of rotatable bonds is 6. The molecule has 1 unspecified atom stereocenters. The first-order valence-corrected chi connectivity index (χ1v) is 11.9. The van der Waals surface area contributed by atoms with E-state index >= 15 is 0 Å². The summed E-state index contributed by atoms with van der Waals surface area (Å²) in [4.78, 5) is 8.68. The Bertz CT molecular complexity index is 1170. The summed E-state index contributed by atoms with van der Waals surface area (Å²) in [6, 6.07) is 6.62. The number of ether oxygens (including phenoxy) is 1. The SMILES string of the molecule is CO[C@@H]1CN(S(=O)(=O)c2ccc3sc(NC(C)c4ccncc4Cl)nc3c2)C[C@H]1O. The molecule has 4 rings (SSSR count). The average Bonchev–Trinajstić information content (AvgIpc) is 3.30. The van der Waals surface area contributed by atoms with Crippen LogP contribution < -0.4 is 5.32 Å². The molecule has 8 nitrogen and oxygen atoms in total. The number of pyridine rings is 1. The highest BCUT2D eigenvalue weighted by molar-refractivity contribution is 7.89. The number of anilines is 1. The molecule has 1 aliphatic heterocycles. The van der Waals surface area contributed by atoms with Crippen molar-refractivity contribution < 1.29 is 18.3 Å². The van der Waals surface area contributed by atoms with Gasteiger partial charge in [-0.3, -0.25) is 4.98 Å². The van der Waals surface area contributed by atoms with Crippen LogP contribution in [-0.2, 0) is 14.8 Å². The smallest absolute Gasteiger partial charge is 0.243 e. The Balaban J connectivity index is 1.58. The minimum atomic E-state index is -3.76. The third kappa shape index (κ3) is 4.03. The lowest BCUT2D eigenvalue weighted by molar-refractivity contribution is 0.0216. The Labute approximate surface area is 183 Å². The van der Waals surface area contributed by atoms with E-state index < -0.39 is 22.2 Å². The van der Waals surface area contributed by atoms with Crippen molar-refractivity contribution in [2.45, 2.75) is 30.1 Å². The van der Waals surface area contributed by atoms with Gasteiger partial charge in [-0.25, -0.2) is 13.4 Å². The van der Waals surface area contributed by atoms with E-state index in [2.05, 4.69) is 15.3 Å². The Morgan fingerprint density at radius 1 is 1.37 bits per heavy atom. The zero-order valence-electron chi connectivity index (χ0n) is 16.3. The predicted molar refractivity (Wildman–Crippen MR) is 116 cm³/mol. The molecular formula is C19H21ClN4O4S2. The van der Waals surface area contributed by atoms with Crippen LogP contribution in [0, 0.1) is 0 Å². The second-order valence-corrected chi connectivity index (χ2v) is 10.5. The number of aliphatic hydroxyl groups is 1. The average molecular weight is 469 g/mol. The van der Waals surface area contributed by atoms with Gasteiger partial charge in [0.15, 0.2) is 5.13 Å². The third-order valence-corrected chi connectivity index (χ3v) is 8.22. The predicted octanol–water partition coefficient (Wildman–Crippen LogP) is 2.90. The summed E-state index contributed by atoms with van der Waals surface area (Å²) < 4.78 is 33.2. The minimum Gasteiger partial charge on any atom is -0.389 e. The summed E-state index contributed by atoms with van der Waals surface area (Å²) in [6.45, 7) is 2.09. The summed E-state index contributed by atoms with van der Waals surface area (Å²) in [7, 11) is -2.30. The molecule has 3 aromatic rings. The number of methoxy groups -OCH3 is 1. The third-order valence-electron chi connectivity index (χ3n) is 5.11. The number of thiazole rings is 1. The first-order chi connectivity index (χ1) is 14.3. The van der Waals surface area contributed by atoms with Gasteiger partial charge in [-0.1, -0.05) is 22.9 Å². The molecule has 0 spiro atoms. The number of benzene rings is 1. The summed E-state index contributed by atoms with van der Waals surface area (Å²) in [5.41, 5.74) is 1.48. The molecule has 1 fully saturated rings. The van der Waals surface area contributed by atoms with Gasteiger partial charge in [-0.2, -0.15) is 4.31 Å². The van der Waals surface area contributed by atoms with Crippen LogP contribution in [0.15, 0.2) is 41.6 Å². The van der Waals surface area contributed by atoms with Crippen LogP contribution in [-0.4, -0.2) is 60.2 Å². The normalized spacial score (nSPS) is 21.2. The van der Waals surface area contributed by atoms with Crippen LogP contribution in [0.1, 0.15) is 18.5 Å². The molecule has 1 aromatic carbocycles. The van der Waals surface area contributed by atoms with E-state index in [9.17, 15) is 13.5 Å². The van der Waals surface area contributed by atoms with Crippen molar-refractivity contribution >= 4 is 48.3 Å². The number of hydrogen-bond acceptors (Lipinski definition) is 8. The molecule has 2 N–H and O–H groups in total. The summed E-state index contributed by atoms with van der Waals surface area (Å²) in [5.74, 6) is 0. The van der Waals surface area contributed by atoms with E-state index in [1.54, 1.807) is 30.6 Å². The number of fused-ring (bicyclic) bond motifs is 1. The van der Waals surface area contributed by atoms with Gasteiger partial charge in [-0.05, 0) is 36.8 Å². The monoisotopic (exact) mass is 468 g/mol. The standard InChI is InChI=1S/C19H21ClN4O4S2/c1-11(13-5-6-21-8-14(13)20)22-19-23-15-7-12(3-4-18(15)29-19)30(26,27)24-9-16(25)17(10-24)28-2/h3-8,11,16-17,25H,9-10H2,1-2H3,(H,22,23)/t11?,16-,17-/m1/s1. The van der Waals surface area contributed by atoms with Crippen molar-refractivity contribution in [3.05, 3.63) is 47.2 Å². The van der Waals surface area contributed by atoms with E-state index in [-0.39, 0.29) is 24.0 Å². The number of sulfonamides is 1. The van der Waals surface area contributed by atoms with Crippen LogP contribution in [0.25, 0.3) is 10.2 Å². The number of hydrogen-bond donors (Lipinski definition) is 2. The van der Waals surface area contributed by atoms with Crippen molar-refractivity contribution in [3.63, 3.8) is 0 Å². The number of nitrogens with zero attached hydrogens (tertiary/aromatic N) is 3. The molecule has 1 aliphatic rings. The van der Waals surface area contributed by atoms with Crippen molar-refractivity contribution in [3.8, 4) is 0 Å². The molecule has 0 amide bonds. The molecule has 0 bridgehead atoms. The minimum absolute atomic E-state index is 0.00690. The lowest BCUT2D eigenvalue weighted by Crippen LogP contribution is -2.30. The fourth-order valence-corrected chi connectivity index (χ4v) is 6.14. The highest BCUT2D eigenvalue weighted by Gasteiger charge is 2.38. The van der Waals surface area contributed by atoms with Crippen molar-refractivity contribution in [1.82, 2.24) is 14.3 Å². The highest BCUT2D eigenvalue weighted by Crippen LogP contribution is 2.32. The lowest BCUT2D eigenvalue weighted by Gasteiger charge is -2.15. The number of β-amino-alcohol motifs (C(OH)–C–C–N with tert-alkyl or cyclic N) is 1. The number of nitrogens with one attached hydrogen (secondary N) is 1. The van der Waals surface area contributed by atoms with Gasteiger partial charge in [0.1, 0.15) is 0 Å². The molecular weight excluding hydrogens is 448 g/mol. The maximum Gasteiger partial charge on any atom is 0.243 e. The van der Waals surface area contributed by atoms with Gasteiger partial charge in [0, 0.05) is 32.6 Å². The van der Waals surface area contributed by atoms with Crippen molar-refractivity contribution in [1.29, 1.82) is 0 Å². The van der Waals surface area contributed by atoms with E-state index in [1.807, 2.05) is 13.0 Å². The van der Waals surface area contributed by atoms with Gasteiger partial charge >= 0.3 is 0 Å². The maximum atomic E-state index is 13.0. The van der Waals surface area contributed by atoms with E-state index in [0.29, 0.717) is 15.7 Å². The van der Waals surface area contributed by atoms with Gasteiger partial charge in [-0.15, -0.1) is 0 Å².